The molecule has 2 aromatic rings. The third-order valence-corrected chi connectivity index (χ3v) is 7.27. The first kappa shape index (κ1) is 20.4. The van der Waals surface area contributed by atoms with Gasteiger partial charge in [0.1, 0.15) is 0 Å². The minimum absolute atomic E-state index is 0.0927. The van der Waals surface area contributed by atoms with Gasteiger partial charge in [0.25, 0.3) is 17.7 Å². The quantitative estimate of drug-likeness (QED) is 0.699. The number of thiophene rings is 1. The molecule has 4 heterocycles. The van der Waals surface area contributed by atoms with E-state index in [9.17, 15) is 14.4 Å². The van der Waals surface area contributed by atoms with Crippen LogP contribution in [0.4, 0.5) is 0 Å². The van der Waals surface area contributed by atoms with E-state index >= 15 is 0 Å². The van der Waals surface area contributed by atoms with E-state index in [1.165, 1.54) is 15.3 Å². The van der Waals surface area contributed by atoms with Gasteiger partial charge in [0.05, 0.1) is 23.8 Å². The summed E-state index contributed by atoms with van der Waals surface area (Å²) in [5.41, 5.74) is 2.45. The molecule has 0 radical (unpaired) electrons. The molecule has 5 rings (SSSR count). The lowest BCUT2D eigenvalue weighted by atomic mass is 10.1. The number of carbonyl (C=O) groups is 3. The van der Waals surface area contributed by atoms with E-state index in [2.05, 4.69) is 21.7 Å². The van der Waals surface area contributed by atoms with Crippen LogP contribution in [0.2, 0.25) is 0 Å². The molecule has 1 unspecified atom stereocenters. The van der Waals surface area contributed by atoms with Gasteiger partial charge in [0, 0.05) is 43.2 Å². The first-order valence-corrected chi connectivity index (χ1v) is 11.7. The zero-order chi connectivity index (χ0) is 21.4. The Morgan fingerprint density at radius 1 is 1.19 bits per heavy atom. The van der Waals surface area contributed by atoms with Gasteiger partial charge in [-0.3, -0.25) is 24.2 Å². The number of fused-ring (bicyclic) bond motifs is 2. The summed E-state index contributed by atoms with van der Waals surface area (Å²) < 4.78 is 5.57. The van der Waals surface area contributed by atoms with Crippen LogP contribution < -0.4 is 5.32 Å². The second kappa shape index (κ2) is 8.53. The smallest absolute Gasteiger partial charge is 0.261 e. The van der Waals surface area contributed by atoms with Gasteiger partial charge in [-0.15, -0.1) is 11.3 Å². The lowest BCUT2D eigenvalue weighted by molar-refractivity contribution is 0.0475. The van der Waals surface area contributed by atoms with Crippen molar-refractivity contribution in [2.24, 2.45) is 0 Å². The molecule has 1 fully saturated rings. The van der Waals surface area contributed by atoms with Crippen molar-refractivity contribution in [1.29, 1.82) is 0 Å². The largest absolute Gasteiger partial charge is 0.376 e. The van der Waals surface area contributed by atoms with Crippen molar-refractivity contribution in [3.8, 4) is 0 Å². The Balaban J connectivity index is 1.18. The maximum Gasteiger partial charge on any atom is 0.261 e. The first-order valence-electron chi connectivity index (χ1n) is 10.8. The summed E-state index contributed by atoms with van der Waals surface area (Å²) in [6, 6.07) is 6.92. The van der Waals surface area contributed by atoms with Gasteiger partial charge in [0.2, 0.25) is 0 Å². The van der Waals surface area contributed by atoms with Gasteiger partial charge in [-0.25, -0.2) is 0 Å². The van der Waals surface area contributed by atoms with Crippen molar-refractivity contribution in [3.05, 3.63) is 56.8 Å². The zero-order valence-electron chi connectivity index (χ0n) is 17.3. The average Bonchev–Trinajstić information content (AvgIpc) is 3.51. The molecule has 162 valence electrons. The number of hydrogen-bond acceptors (Lipinski definition) is 6. The molecule has 31 heavy (non-hydrogen) atoms. The van der Waals surface area contributed by atoms with Crippen molar-refractivity contribution in [2.45, 2.75) is 31.9 Å². The SMILES string of the molecule is O=C(NCCN1CCc2sccc2C1)c1ccc2c(c1)C(=O)N(CC1CCCO1)C2=O. The first-order chi connectivity index (χ1) is 15.1. The summed E-state index contributed by atoms with van der Waals surface area (Å²) in [5, 5.41) is 5.08. The van der Waals surface area contributed by atoms with Crippen LogP contribution in [0, 0.1) is 0 Å². The predicted molar refractivity (Wildman–Crippen MR) is 116 cm³/mol. The van der Waals surface area contributed by atoms with Crippen LogP contribution in [0.25, 0.3) is 0 Å². The van der Waals surface area contributed by atoms with Crippen LogP contribution in [0.15, 0.2) is 29.6 Å². The fraction of sp³-hybridized carbons (Fsp3) is 0.435. The Kier molecular flexibility index (Phi) is 5.60. The molecule has 3 aliphatic heterocycles. The monoisotopic (exact) mass is 439 g/mol. The highest BCUT2D eigenvalue weighted by Gasteiger charge is 2.37. The van der Waals surface area contributed by atoms with Crippen molar-refractivity contribution < 1.29 is 19.1 Å². The number of ether oxygens (including phenoxy) is 1. The molecule has 1 N–H and O–H groups in total. The number of imide groups is 1. The molecule has 1 aromatic heterocycles. The summed E-state index contributed by atoms with van der Waals surface area (Å²) >= 11 is 1.81. The molecule has 0 saturated carbocycles. The van der Waals surface area contributed by atoms with Gasteiger partial charge in [-0.05, 0) is 54.5 Å². The van der Waals surface area contributed by atoms with Crippen molar-refractivity contribution >= 4 is 29.1 Å². The molecule has 3 aliphatic rings. The van der Waals surface area contributed by atoms with E-state index in [0.717, 1.165) is 38.9 Å². The molecule has 1 aromatic carbocycles. The summed E-state index contributed by atoms with van der Waals surface area (Å²) in [6.07, 6.45) is 2.77. The third kappa shape index (κ3) is 4.03. The lowest BCUT2D eigenvalue weighted by Gasteiger charge is -2.26. The Bertz CT molecular complexity index is 1030. The average molecular weight is 440 g/mol. The van der Waals surface area contributed by atoms with E-state index in [1.54, 1.807) is 18.2 Å². The van der Waals surface area contributed by atoms with Gasteiger partial charge in [-0.1, -0.05) is 0 Å². The molecule has 7 nitrogen and oxygen atoms in total. The summed E-state index contributed by atoms with van der Waals surface area (Å²) in [4.78, 5) is 43.1. The third-order valence-electron chi connectivity index (χ3n) is 6.24. The maximum absolute atomic E-state index is 12.8. The van der Waals surface area contributed by atoms with Crippen LogP contribution in [-0.4, -0.2) is 66.4 Å². The van der Waals surface area contributed by atoms with Crippen LogP contribution in [0.3, 0.4) is 0 Å². The number of carbonyl (C=O) groups excluding carboxylic acids is 3. The molecule has 8 heteroatoms. The van der Waals surface area contributed by atoms with Crippen molar-refractivity contribution in [1.82, 2.24) is 15.1 Å². The van der Waals surface area contributed by atoms with Gasteiger partial charge < -0.3 is 10.1 Å². The van der Waals surface area contributed by atoms with E-state index in [4.69, 9.17) is 4.74 Å². The molecule has 0 bridgehead atoms. The van der Waals surface area contributed by atoms with Crippen LogP contribution in [0.1, 0.15) is 54.4 Å². The minimum Gasteiger partial charge on any atom is -0.376 e. The number of rotatable bonds is 6. The number of nitrogens with one attached hydrogen (secondary N) is 1. The van der Waals surface area contributed by atoms with E-state index in [1.807, 2.05) is 11.3 Å². The zero-order valence-corrected chi connectivity index (χ0v) is 18.1. The van der Waals surface area contributed by atoms with Crippen molar-refractivity contribution in [2.75, 3.05) is 32.8 Å². The fourth-order valence-electron chi connectivity index (χ4n) is 4.52. The Morgan fingerprint density at radius 2 is 2.06 bits per heavy atom. The lowest BCUT2D eigenvalue weighted by Crippen LogP contribution is -2.37. The second-order valence-corrected chi connectivity index (χ2v) is 9.27. The number of hydrogen-bond donors (Lipinski definition) is 1. The van der Waals surface area contributed by atoms with E-state index in [-0.39, 0.29) is 30.4 Å². The highest BCUT2D eigenvalue weighted by atomic mass is 32.1. The van der Waals surface area contributed by atoms with Crippen molar-refractivity contribution in [3.63, 3.8) is 0 Å². The van der Waals surface area contributed by atoms with Crippen LogP contribution >= 0.6 is 11.3 Å². The Hall–Kier alpha value is -2.55. The predicted octanol–water partition coefficient (Wildman–Crippen LogP) is 2.31. The number of benzene rings is 1. The molecule has 0 aliphatic carbocycles. The molecule has 3 amide bonds. The summed E-state index contributed by atoms with van der Waals surface area (Å²) in [5.74, 6) is -0.876. The molecule has 0 spiro atoms. The topological polar surface area (TPSA) is 79.0 Å². The highest BCUT2D eigenvalue weighted by molar-refractivity contribution is 7.10. The van der Waals surface area contributed by atoms with E-state index < -0.39 is 0 Å². The molecular formula is C23H25N3O4S. The van der Waals surface area contributed by atoms with Gasteiger partial charge >= 0.3 is 0 Å². The minimum atomic E-state index is -0.343. The highest BCUT2D eigenvalue weighted by Crippen LogP contribution is 2.26. The Labute approximate surface area is 185 Å². The van der Waals surface area contributed by atoms with Crippen LogP contribution in [-0.2, 0) is 17.7 Å². The van der Waals surface area contributed by atoms with Gasteiger partial charge in [-0.2, -0.15) is 0 Å². The fourth-order valence-corrected chi connectivity index (χ4v) is 5.41. The maximum atomic E-state index is 12.8. The van der Waals surface area contributed by atoms with E-state index in [0.29, 0.717) is 29.8 Å². The summed E-state index contributed by atoms with van der Waals surface area (Å²) in [6.45, 7) is 4.18. The normalized spacial score (nSPS) is 20.8. The standard InChI is InChI=1S/C23H25N3O4S/c27-21(24-7-9-25-8-5-20-16(13-25)6-11-31-20)15-3-4-18-19(12-15)23(29)26(22(18)28)14-17-2-1-10-30-17/h3-4,6,11-12,17H,1-2,5,7-10,13-14H2,(H,24,27). The Morgan fingerprint density at radius 3 is 2.90 bits per heavy atom. The molecule has 1 saturated heterocycles. The number of amides is 3. The molecular weight excluding hydrogens is 414 g/mol. The molecule has 1 atom stereocenters. The summed E-state index contributed by atoms with van der Waals surface area (Å²) in [7, 11) is 0. The van der Waals surface area contributed by atoms with Gasteiger partial charge in [0.15, 0.2) is 0 Å². The second-order valence-electron chi connectivity index (χ2n) is 8.27. The van der Waals surface area contributed by atoms with Crippen LogP contribution in [0.5, 0.6) is 0 Å². The number of nitrogens with zero attached hydrogens (tertiary/aromatic N) is 2.